The molecule has 1 saturated heterocycles. The number of nitriles is 1. The highest BCUT2D eigenvalue weighted by atomic mass is 79.9. The van der Waals surface area contributed by atoms with Crippen molar-refractivity contribution in [1.29, 1.82) is 5.26 Å². The third-order valence-electron chi connectivity index (χ3n) is 2.97. The van der Waals surface area contributed by atoms with E-state index in [1.54, 1.807) is 17.2 Å². The number of hydrogen-bond donors (Lipinski definition) is 0. The second kappa shape index (κ2) is 5.19. The fourth-order valence-corrected chi connectivity index (χ4v) is 2.37. The molecule has 0 bridgehead atoms. The molecule has 96 valence electrons. The van der Waals surface area contributed by atoms with Crippen molar-refractivity contribution in [1.82, 2.24) is 4.98 Å². The highest BCUT2D eigenvalue weighted by molar-refractivity contribution is 9.10. The van der Waals surface area contributed by atoms with Crippen molar-refractivity contribution < 1.29 is 8.78 Å². The van der Waals surface area contributed by atoms with Crippen LogP contribution in [0.4, 0.5) is 14.6 Å². The maximum absolute atomic E-state index is 13.3. The molecule has 18 heavy (non-hydrogen) atoms. The van der Waals surface area contributed by atoms with Gasteiger partial charge in [0, 0.05) is 36.6 Å². The smallest absolute Gasteiger partial charge is 0.249 e. The van der Waals surface area contributed by atoms with Crippen LogP contribution in [-0.4, -0.2) is 24.0 Å². The van der Waals surface area contributed by atoms with Gasteiger partial charge in [-0.1, -0.05) is 0 Å². The van der Waals surface area contributed by atoms with E-state index >= 15 is 0 Å². The molecule has 2 rings (SSSR count). The van der Waals surface area contributed by atoms with Gasteiger partial charge in [-0.3, -0.25) is 0 Å². The summed E-state index contributed by atoms with van der Waals surface area (Å²) in [7, 11) is 0. The predicted molar refractivity (Wildman–Crippen MR) is 67.7 cm³/mol. The first-order valence-electron chi connectivity index (χ1n) is 5.70. The highest BCUT2D eigenvalue weighted by Crippen LogP contribution is 2.30. The first-order chi connectivity index (χ1) is 8.52. The van der Waals surface area contributed by atoms with Crippen LogP contribution in [-0.2, 0) is 0 Å². The summed E-state index contributed by atoms with van der Waals surface area (Å²) < 4.78 is 27.3. The van der Waals surface area contributed by atoms with Crippen LogP contribution in [0.2, 0.25) is 0 Å². The molecule has 1 aromatic heterocycles. The average Bonchev–Trinajstić information content (AvgIpc) is 2.50. The lowest BCUT2D eigenvalue weighted by Crippen LogP contribution is -2.27. The zero-order chi connectivity index (χ0) is 13.2. The van der Waals surface area contributed by atoms with Crippen LogP contribution in [0.5, 0.6) is 0 Å². The minimum absolute atomic E-state index is 0.0953. The van der Waals surface area contributed by atoms with E-state index in [1.807, 2.05) is 0 Å². The van der Waals surface area contributed by atoms with E-state index in [0.717, 1.165) is 0 Å². The Hall–Kier alpha value is -1.22. The van der Waals surface area contributed by atoms with Gasteiger partial charge in [-0.15, -0.1) is 0 Å². The number of nitrogens with zero attached hydrogens (tertiary/aromatic N) is 3. The van der Waals surface area contributed by atoms with E-state index in [4.69, 9.17) is 5.26 Å². The number of halogens is 3. The number of rotatable bonds is 1. The third kappa shape index (κ3) is 2.96. The van der Waals surface area contributed by atoms with Crippen molar-refractivity contribution >= 4 is 21.7 Å². The number of pyridine rings is 1. The van der Waals surface area contributed by atoms with Crippen LogP contribution < -0.4 is 4.90 Å². The summed E-state index contributed by atoms with van der Waals surface area (Å²) in [6.07, 6.45) is 1.71. The summed E-state index contributed by atoms with van der Waals surface area (Å²) in [6, 6.07) is 3.71. The summed E-state index contributed by atoms with van der Waals surface area (Å²) in [5.41, 5.74) is 0.412. The molecule has 1 aliphatic heterocycles. The second-order valence-corrected chi connectivity index (χ2v) is 5.25. The Balaban J connectivity index is 2.24. The normalized spacial score (nSPS) is 19.1. The minimum Gasteiger partial charge on any atom is -0.355 e. The van der Waals surface area contributed by atoms with Crippen LogP contribution in [0.25, 0.3) is 0 Å². The molecule has 0 radical (unpaired) electrons. The van der Waals surface area contributed by atoms with Crippen LogP contribution in [0.3, 0.4) is 0 Å². The predicted octanol–water partition coefficient (Wildman–Crippen LogP) is 3.34. The highest BCUT2D eigenvalue weighted by Gasteiger charge is 2.32. The van der Waals surface area contributed by atoms with Gasteiger partial charge in [-0.25, -0.2) is 13.8 Å². The van der Waals surface area contributed by atoms with E-state index in [-0.39, 0.29) is 19.4 Å². The molecule has 0 saturated carbocycles. The molecule has 0 spiro atoms. The number of hydrogen-bond acceptors (Lipinski definition) is 3. The average molecular weight is 316 g/mol. The zero-order valence-corrected chi connectivity index (χ0v) is 11.3. The lowest BCUT2D eigenvalue weighted by molar-refractivity contribution is -0.0102. The van der Waals surface area contributed by atoms with Gasteiger partial charge in [0.15, 0.2) is 0 Å². The topological polar surface area (TPSA) is 39.9 Å². The van der Waals surface area contributed by atoms with E-state index in [1.165, 1.54) is 0 Å². The Morgan fingerprint density at radius 1 is 1.39 bits per heavy atom. The molecule has 0 amide bonds. The monoisotopic (exact) mass is 315 g/mol. The van der Waals surface area contributed by atoms with Crippen molar-refractivity contribution in [2.24, 2.45) is 0 Å². The van der Waals surface area contributed by atoms with Gasteiger partial charge in [0.05, 0.1) is 5.56 Å². The van der Waals surface area contributed by atoms with Crippen LogP contribution in [0, 0.1) is 11.3 Å². The summed E-state index contributed by atoms with van der Waals surface area (Å²) >= 11 is 3.24. The van der Waals surface area contributed by atoms with Crippen molar-refractivity contribution in [3.05, 3.63) is 22.3 Å². The van der Waals surface area contributed by atoms with Crippen LogP contribution >= 0.6 is 15.9 Å². The standard InChI is InChI=1S/C12H12BrF2N3/c13-10-6-9(7-16)11(17-8-10)18-4-1-2-12(14,15)3-5-18/h6,8H,1-5H2. The number of anilines is 1. The zero-order valence-electron chi connectivity index (χ0n) is 9.67. The SMILES string of the molecule is N#Cc1cc(Br)cnc1N1CCCC(F)(F)CC1. The summed E-state index contributed by atoms with van der Waals surface area (Å²) in [4.78, 5) is 5.94. The fourth-order valence-electron chi connectivity index (χ4n) is 2.04. The Morgan fingerprint density at radius 2 is 2.17 bits per heavy atom. The second-order valence-electron chi connectivity index (χ2n) is 4.33. The van der Waals surface area contributed by atoms with Gasteiger partial charge in [-0.05, 0) is 28.4 Å². The van der Waals surface area contributed by atoms with Gasteiger partial charge in [-0.2, -0.15) is 5.26 Å². The van der Waals surface area contributed by atoms with Gasteiger partial charge in [0.1, 0.15) is 11.9 Å². The molecular formula is C12H12BrF2N3. The Morgan fingerprint density at radius 3 is 2.89 bits per heavy atom. The Labute approximate surface area is 113 Å². The first kappa shape index (κ1) is 13.2. The number of aromatic nitrogens is 1. The molecule has 2 heterocycles. The fraction of sp³-hybridized carbons (Fsp3) is 0.500. The number of alkyl halides is 2. The van der Waals surface area contributed by atoms with Crippen LogP contribution in [0.1, 0.15) is 24.8 Å². The first-order valence-corrected chi connectivity index (χ1v) is 6.49. The van der Waals surface area contributed by atoms with Crippen molar-refractivity contribution in [3.8, 4) is 6.07 Å². The Bertz CT molecular complexity index is 485. The largest absolute Gasteiger partial charge is 0.355 e. The molecule has 6 heteroatoms. The quantitative estimate of drug-likeness (QED) is 0.798. The summed E-state index contributed by atoms with van der Waals surface area (Å²) in [5.74, 6) is -2.10. The molecule has 1 aromatic rings. The molecule has 0 aliphatic carbocycles. The molecule has 1 fully saturated rings. The summed E-state index contributed by atoms with van der Waals surface area (Å²) in [6.45, 7) is 0.745. The van der Waals surface area contributed by atoms with Gasteiger partial charge < -0.3 is 4.90 Å². The minimum atomic E-state index is -2.60. The molecule has 0 unspecified atom stereocenters. The van der Waals surface area contributed by atoms with E-state index in [0.29, 0.717) is 28.8 Å². The maximum atomic E-state index is 13.3. The van der Waals surface area contributed by atoms with Crippen molar-refractivity contribution in [3.63, 3.8) is 0 Å². The Kier molecular flexibility index (Phi) is 3.81. The maximum Gasteiger partial charge on any atom is 0.249 e. The lowest BCUT2D eigenvalue weighted by atomic mass is 10.1. The van der Waals surface area contributed by atoms with Gasteiger partial charge in [0.2, 0.25) is 5.92 Å². The van der Waals surface area contributed by atoms with E-state index in [9.17, 15) is 8.78 Å². The van der Waals surface area contributed by atoms with E-state index < -0.39 is 5.92 Å². The van der Waals surface area contributed by atoms with Gasteiger partial charge in [0.25, 0.3) is 0 Å². The van der Waals surface area contributed by atoms with Crippen molar-refractivity contribution in [2.75, 3.05) is 18.0 Å². The van der Waals surface area contributed by atoms with Gasteiger partial charge >= 0.3 is 0 Å². The molecule has 0 N–H and O–H groups in total. The van der Waals surface area contributed by atoms with Crippen LogP contribution in [0.15, 0.2) is 16.7 Å². The molecule has 1 aliphatic rings. The summed E-state index contributed by atoms with van der Waals surface area (Å²) in [5, 5.41) is 9.06. The lowest BCUT2D eigenvalue weighted by Gasteiger charge is -2.22. The molecular weight excluding hydrogens is 304 g/mol. The third-order valence-corrected chi connectivity index (χ3v) is 3.40. The molecule has 0 atom stereocenters. The van der Waals surface area contributed by atoms with E-state index in [2.05, 4.69) is 27.0 Å². The van der Waals surface area contributed by atoms with Crippen molar-refractivity contribution in [2.45, 2.75) is 25.2 Å². The molecule has 3 nitrogen and oxygen atoms in total. The molecule has 0 aromatic carbocycles.